The Balaban J connectivity index is 1.71. The first-order valence-corrected chi connectivity index (χ1v) is 9.02. The van der Waals surface area contributed by atoms with Crippen LogP contribution in [-0.4, -0.2) is 70.0 Å². The number of ether oxygens (including phenoxy) is 3. The van der Waals surface area contributed by atoms with E-state index < -0.39 is 0 Å². The fourth-order valence-electron chi connectivity index (χ4n) is 3.11. The normalized spacial score (nSPS) is 19.8. The quantitative estimate of drug-likeness (QED) is 0.753. The predicted octanol–water partition coefficient (Wildman–Crippen LogP) is 1.38. The molecule has 0 aliphatic carbocycles. The summed E-state index contributed by atoms with van der Waals surface area (Å²) in [6, 6.07) is 5.43. The van der Waals surface area contributed by atoms with E-state index in [1.165, 1.54) is 4.80 Å². The number of amides is 1. The molecule has 3 rings (SSSR count). The number of hydrogen-bond acceptors (Lipinski definition) is 7. The van der Waals surface area contributed by atoms with Gasteiger partial charge in [0, 0.05) is 18.7 Å². The standard InChI is InChI=1S/C18H25N5O4/c1-5-26-16-8-14(6-7-15(16)25-4)18-19-21-23(20-18)11-17(24)22-9-12(2)27-13(3)10-22/h6-8,12-13H,5,9-11H2,1-4H3/t12-,13-/m1/s1. The van der Waals surface area contributed by atoms with Gasteiger partial charge >= 0.3 is 0 Å². The van der Waals surface area contributed by atoms with Crippen molar-refractivity contribution >= 4 is 5.91 Å². The van der Waals surface area contributed by atoms with Crippen molar-refractivity contribution in [3.63, 3.8) is 0 Å². The van der Waals surface area contributed by atoms with E-state index in [2.05, 4.69) is 15.4 Å². The molecule has 0 saturated carbocycles. The molecule has 0 spiro atoms. The molecule has 2 heterocycles. The summed E-state index contributed by atoms with van der Waals surface area (Å²) in [6.45, 7) is 7.52. The van der Waals surface area contributed by atoms with E-state index in [9.17, 15) is 4.79 Å². The Bertz CT molecular complexity index is 784. The molecule has 27 heavy (non-hydrogen) atoms. The summed E-state index contributed by atoms with van der Waals surface area (Å²) >= 11 is 0. The summed E-state index contributed by atoms with van der Waals surface area (Å²) in [6.07, 6.45) is 0.0431. The number of rotatable bonds is 6. The van der Waals surface area contributed by atoms with Crippen LogP contribution in [0.25, 0.3) is 11.4 Å². The van der Waals surface area contributed by atoms with Crippen molar-refractivity contribution in [1.29, 1.82) is 0 Å². The molecule has 9 heteroatoms. The van der Waals surface area contributed by atoms with E-state index in [4.69, 9.17) is 14.2 Å². The van der Waals surface area contributed by atoms with Gasteiger partial charge in [-0.2, -0.15) is 4.80 Å². The third-order valence-electron chi connectivity index (χ3n) is 4.22. The Morgan fingerprint density at radius 1 is 1.26 bits per heavy atom. The fraction of sp³-hybridized carbons (Fsp3) is 0.556. The second-order valence-corrected chi connectivity index (χ2v) is 6.50. The largest absolute Gasteiger partial charge is 0.493 e. The Kier molecular flexibility index (Phi) is 5.90. The molecule has 0 unspecified atom stereocenters. The number of benzene rings is 1. The summed E-state index contributed by atoms with van der Waals surface area (Å²) in [7, 11) is 1.59. The molecule has 1 aliphatic rings. The zero-order valence-corrected chi connectivity index (χ0v) is 16.1. The molecule has 1 saturated heterocycles. The molecule has 9 nitrogen and oxygen atoms in total. The molecule has 146 valence electrons. The van der Waals surface area contributed by atoms with Gasteiger partial charge in [-0.1, -0.05) is 0 Å². The lowest BCUT2D eigenvalue weighted by Crippen LogP contribution is -2.49. The minimum Gasteiger partial charge on any atom is -0.493 e. The van der Waals surface area contributed by atoms with Crippen LogP contribution in [0.1, 0.15) is 20.8 Å². The number of tetrazole rings is 1. The predicted molar refractivity (Wildman–Crippen MR) is 97.6 cm³/mol. The third kappa shape index (κ3) is 4.54. The molecule has 2 aromatic rings. The van der Waals surface area contributed by atoms with E-state index >= 15 is 0 Å². The molecule has 0 radical (unpaired) electrons. The second-order valence-electron chi connectivity index (χ2n) is 6.50. The first-order valence-electron chi connectivity index (χ1n) is 9.02. The maximum absolute atomic E-state index is 12.5. The zero-order valence-electron chi connectivity index (χ0n) is 16.1. The number of carbonyl (C=O) groups excluding carboxylic acids is 1. The topological polar surface area (TPSA) is 91.6 Å². The molecule has 1 amide bonds. The monoisotopic (exact) mass is 375 g/mol. The highest BCUT2D eigenvalue weighted by Crippen LogP contribution is 2.31. The second kappa shape index (κ2) is 8.34. The van der Waals surface area contributed by atoms with Gasteiger partial charge in [-0.05, 0) is 44.2 Å². The van der Waals surface area contributed by atoms with Crippen LogP contribution in [0.3, 0.4) is 0 Å². The highest BCUT2D eigenvalue weighted by molar-refractivity contribution is 5.76. The number of aromatic nitrogens is 4. The van der Waals surface area contributed by atoms with Crippen LogP contribution >= 0.6 is 0 Å². The molecule has 1 aromatic heterocycles. The van der Waals surface area contributed by atoms with E-state index in [1.807, 2.05) is 26.8 Å². The molecular weight excluding hydrogens is 350 g/mol. The number of hydrogen-bond donors (Lipinski definition) is 0. The molecule has 1 fully saturated rings. The number of morpholine rings is 1. The van der Waals surface area contributed by atoms with Crippen LogP contribution in [-0.2, 0) is 16.1 Å². The smallest absolute Gasteiger partial charge is 0.246 e. The Labute approximate surface area is 158 Å². The SMILES string of the molecule is CCOc1cc(-c2nnn(CC(=O)N3C[C@@H](C)O[C@H](C)C3)n2)ccc1OC. The number of carbonyl (C=O) groups is 1. The zero-order chi connectivity index (χ0) is 19.4. The average Bonchev–Trinajstić information content (AvgIpc) is 3.09. The average molecular weight is 375 g/mol. The van der Waals surface area contributed by atoms with Crippen LogP contribution in [0.5, 0.6) is 11.5 Å². The lowest BCUT2D eigenvalue weighted by molar-refractivity contribution is -0.144. The lowest BCUT2D eigenvalue weighted by atomic mass is 10.2. The van der Waals surface area contributed by atoms with Gasteiger partial charge in [0.25, 0.3) is 0 Å². The van der Waals surface area contributed by atoms with Crippen LogP contribution < -0.4 is 9.47 Å². The van der Waals surface area contributed by atoms with E-state index in [0.29, 0.717) is 37.0 Å². The molecule has 1 aliphatic heterocycles. The highest BCUT2D eigenvalue weighted by Gasteiger charge is 2.26. The molecule has 2 atom stereocenters. The van der Waals surface area contributed by atoms with Gasteiger partial charge in [-0.25, -0.2) is 0 Å². The summed E-state index contributed by atoms with van der Waals surface area (Å²) in [5.41, 5.74) is 0.742. The van der Waals surface area contributed by atoms with Gasteiger partial charge in [-0.3, -0.25) is 4.79 Å². The van der Waals surface area contributed by atoms with E-state index in [0.717, 1.165) is 5.56 Å². The first kappa shape index (κ1) is 19.1. The lowest BCUT2D eigenvalue weighted by Gasteiger charge is -2.35. The number of nitrogens with zero attached hydrogens (tertiary/aromatic N) is 5. The van der Waals surface area contributed by atoms with Crippen LogP contribution in [0, 0.1) is 0 Å². The van der Waals surface area contributed by atoms with Gasteiger partial charge in [0.2, 0.25) is 11.7 Å². The van der Waals surface area contributed by atoms with Crippen molar-refractivity contribution < 1.29 is 19.0 Å². The van der Waals surface area contributed by atoms with Crippen molar-refractivity contribution in [3.05, 3.63) is 18.2 Å². The molecular formula is C18H25N5O4. The van der Waals surface area contributed by atoms with Gasteiger partial charge < -0.3 is 19.1 Å². The van der Waals surface area contributed by atoms with Crippen LogP contribution in [0.4, 0.5) is 0 Å². The van der Waals surface area contributed by atoms with E-state index in [1.54, 1.807) is 24.1 Å². The van der Waals surface area contributed by atoms with Crippen molar-refractivity contribution in [1.82, 2.24) is 25.1 Å². The van der Waals surface area contributed by atoms with Gasteiger partial charge in [0.05, 0.1) is 25.9 Å². The summed E-state index contributed by atoms with van der Waals surface area (Å²) in [5.74, 6) is 1.63. The Morgan fingerprint density at radius 3 is 2.67 bits per heavy atom. The van der Waals surface area contributed by atoms with Gasteiger partial charge in [0.15, 0.2) is 11.5 Å². The Morgan fingerprint density at radius 2 is 2.00 bits per heavy atom. The summed E-state index contributed by atoms with van der Waals surface area (Å²) in [4.78, 5) is 15.6. The first-order chi connectivity index (χ1) is 13.0. The van der Waals surface area contributed by atoms with Gasteiger partial charge in [0.1, 0.15) is 6.54 Å². The molecule has 1 aromatic carbocycles. The molecule has 0 N–H and O–H groups in total. The summed E-state index contributed by atoms with van der Waals surface area (Å²) < 4.78 is 16.5. The maximum atomic E-state index is 12.5. The van der Waals surface area contributed by atoms with Crippen molar-refractivity contribution in [3.8, 4) is 22.9 Å². The fourth-order valence-corrected chi connectivity index (χ4v) is 3.11. The third-order valence-corrected chi connectivity index (χ3v) is 4.22. The van der Waals surface area contributed by atoms with Crippen molar-refractivity contribution in [2.24, 2.45) is 0 Å². The van der Waals surface area contributed by atoms with Crippen molar-refractivity contribution in [2.45, 2.75) is 39.5 Å². The van der Waals surface area contributed by atoms with E-state index in [-0.39, 0.29) is 24.7 Å². The van der Waals surface area contributed by atoms with Crippen LogP contribution in [0.2, 0.25) is 0 Å². The highest BCUT2D eigenvalue weighted by atomic mass is 16.5. The number of methoxy groups -OCH3 is 1. The molecule has 0 bridgehead atoms. The summed E-state index contributed by atoms with van der Waals surface area (Å²) in [5, 5.41) is 12.4. The minimum absolute atomic E-state index is 0.0215. The maximum Gasteiger partial charge on any atom is 0.246 e. The van der Waals surface area contributed by atoms with Gasteiger partial charge in [-0.15, -0.1) is 10.2 Å². The van der Waals surface area contributed by atoms with Crippen LogP contribution in [0.15, 0.2) is 18.2 Å². The minimum atomic E-state index is -0.0503. The van der Waals surface area contributed by atoms with Crippen molar-refractivity contribution in [2.75, 3.05) is 26.8 Å². The Hall–Kier alpha value is -2.68.